The molecule has 0 fully saturated rings. The van der Waals surface area contributed by atoms with Crippen LogP contribution in [0, 0.1) is 0 Å². The van der Waals surface area contributed by atoms with Gasteiger partial charge in [0, 0.05) is 19.1 Å². The van der Waals surface area contributed by atoms with Gasteiger partial charge >= 0.3 is 11.7 Å². The maximum atomic E-state index is 13.4. The first-order valence-corrected chi connectivity index (χ1v) is 9.60. The number of anilines is 1. The van der Waals surface area contributed by atoms with E-state index in [1.165, 1.54) is 6.07 Å². The largest absolute Gasteiger partial charge is 0.478 e. The number of nitrogens with zero attached hydrogens (tertiary/aromatic N) is 4. The summed E-state index contributed by atoms with van der Waals surface area (Å²) in [6.45, 7) is 0.230. The fraction of sp³-hybridized carbons (Fsp3) is 0.136. The standard InChI is InChI=1S/C22H19ClN4O3/c1-25(2)20-9-7-17(12-24-20)27-19-11-16(23)6-8-18(19)26(22(27)30)13-14-4-3-5-15(10-14)21(28)29/h3-12H,13H2,1-2H3,(H,28,29). The smallest absolute Gasteiger partial charge is 0.335 e. The van der Waals surface area contributed by atoms with Crippen LogP contribution >= 0.6 is 11.6 Å². The Morgan fingerprint density at radius 1 is 1.10 bits per heavy atom. The van der Waals surface area contributed by atoms with Gasteiger partial charge in [0.1, 0.15) is 5.82 Å². The Hall–Kier alpha value is -3.58. The van der Waals surface area contributed by atoms with Crippen LogP contribution in [-0.2, 0) is 6.54 Å². The lowest BCUT2D eigenvalue weighted by Gasteiger charge is -2.11. The van der Waals surface area contributed by atoms with Gasteiger partial charge in [0.15, 0.2) is 0 Å². The molecule has 8 heteroatoms. The van der Waals surface area contributed by atoms with E-state index in [-0.39, 0.29) is 17.8 Å². The van der Waals surface area contributed by atoms with Gasteiger partial charge in [-0.2, -0.15) is 0 Å². The van der Waals surface area contributed by atoms with E-state index in [1.54, 1.807) is 51.7 Å². The van der Waals surface area contributed by atoms with Crippen molar-refractivity contribution in [2.75, 3.05) is 19.0 Å². The summed E-state index contributed by atoms with van der Waals surface area (Å²) in [5.41, 5.74) is 2.61. The summed E-state index contributed by atoms with van der Waals surface area (Å²) < 4.78 is 3.17. The predicted octanol–water partition coefficient (Wildman–Crippen LogP) is 3.65. The number of hydrogen-bond acceptors (Lipinski definition) is 4. The summed E-state index contributed by atoms with van der Waals surface area (Å²) in [4.78, 5) is 30.9. The van der Waals surface area contributed by atoms with Gasteiger partial charge in [-0.05, 0) is 48.0 Å². The molecule has 0 saturated carbocycles. The summed E-state index contributed by atoms with van der Waals surface area (Å²) in [5, 5.41) is 9.76. The fourth-order valence-corrected chi connectivity index (χ4v) is 3.56. The van der Waals surface area contributed by atoms with E-state index in [0.717, 1.165) is 5.82 Å². The summed E-state index contributed by atoms with van der Waals surface area (Å²) in [5.74, 6) is -0.232. The van der Waals surface area contributed by atoms with Crippen molar-refractivity contribution in [3.63, 3.8) is 0 Å². The number of hydrogen-bond donors (Lipinski definition) is 1. The van der Waals surface area contributed by atoms with Crippen LogP contribution < -0.4 is 10.6 Å². The third-order valence-electron chi connectivity index (χ3n) is 4.85. The number of aromatic carboxylic acids is 1. The van der Waals surface area contributed by atoms with Gasteiger partial charge in [-0.3, -0.25) is 9.13 Å². The molecule has 0 aliphatic rings. The molecule has 0 unspecified atom stereocenters. The second-order valence-corrected chi connectivity index (χ2v) is 7.55. The molecule has 0 bridgehead atoms. The molecule has 0 amide bonds. The number of halogens is 1. The molecule has 30 heavy (non-hydrogen) atoms. The van der Waals surface area contributed by atoms with Gasteiger partial charge < -0.3 is 10.0 Å². The summed E-state index contributed by atoms with van der Waals surface area (Å²) >= 11 is 6.21. The highest BCUT2D eigenvalue weighted by Gasteiger charge is 2.16. The zero-order valence-electron chi connectivity index (χ0n) is 16.4. The average Bonchev–Trinajstić information content (AvgIpc) is 2.99. The molecule has 152 valence electrons. The van der Waals surface area contributed by atoms with E-state index in [9.17, 15) is 14.7 Å². The molecule has 0 spiro atoms. The van der Waals surface area contributed by atoms with Gasteiger partial charge in [0.2, 0.25) is 0 Å². The van der Waals surface area contributed by atoms with Crippen LogP contribution in [0.4, 0.5) is 5.82 Å². The first-order valence-electron chi connectivity index (χ1n) is 9.22. The maximum absolute atomic E-state index is 13.4. The summed E-state index contributed by atoms with van der Waals surface area (Å²) in [6.07, 6.45) is 1.65. The normalized spacial score (nSPS) is 11.0. The number of pyridine rings is 1. The summed E-state index contributed by atoms with van der Waals surface area (Å²) in [6, 6.07) is 15.5. The number of aromatic nitrogens is 3. The Kier molecular flexibility index (Phi) is 5.05. The molecule has 0 aliphatic carbocycles. The zero-order chi connectivity index (χ0) is 21.4. The maximum Gasteiger partial charge on any atom is 0.335 e. The van der Waals surface area contributed by atoms with Gasteiger partial charge in [-0.1, -0.05) is 23.7 Å². The average molecular weight is 423 g/mol. The molecular weight excluding hydrogens is 404 g/mol. The van der Waals surface area contributed by atoms with Gasteiger partial charge in [0.05, 0.1) is 35.0 Å². The Labute approximate surface area is 177 Å². The third-order valence-corrected chi connectivity index (χ3v) is 5.09. The van der Waals surface area contributed by atoms with Gasteiger partial charge in [0.25, 0.3) is 0 Å². The first-order chi connectivity index (χ1) is 14.3. The van der Waals surface area contributed by atoms with Crippen molar-refractivity contribution in [2.45, 2.75) is 6.54 Å². The van der Waals surface area contributed by atoms with Crippen molar-refractivity contribution >= 4 is 34.4 Å². The number of carboxylic acid groups (broad SMARTS) is 1. The molecule has 0 aliphatic heterocycles. The molecule has 2 aromatic carbocycles. The van der Waals surface area contributed by atoms with Crippen LogP contribution in [0.25, 0.3) is 16.7 Å². The lowest BCUT2D eigenvalue weighted by atomic mass is 10.1. The Balaban J connectivity index is 1.87. The molecular formula is C22H19ClN4O3. The van der Waals surface area contributed by atoms with E-state index < -0.39 is 5.97 Å². The minimum absolute atomic E-state index is 0.177. The highest BCUT2D eigenvalue weighted by molar-refractivity contribution is 6.31. The van der Waals surface area contributed by atoms with E-state index >= 15 is 0 Å². The number of carboxylic acids is 1. The van der Waals surface area contributed by atoms with Crippen LogP contribution in [0.2, 0.25) is 5.02 Å². The second kappa shape index (κ2) is 7.68. The van der Waals surface area contributed by atoms with Crippen LogP contribution in [0.1, 0.15) is 15.9 Å². The first kappa shape index (κ1) is 19.7. The molecule has 2 heterocycles. The molecule has 0 radical (unpaired) electrons. The molecule has 0 atom stereocenters. The van der Waals surface area contributed by atoms with E-state index in [0.29, 0.717) is 27.3 Å². The lowest BCUT2D eigenvalue weighted by Crippen LogP contribution is -2.24. The van der Waals surface area contributed by atoms with Crippen molar-refractivity contribution < 1.29 is 9.90 Å². The molecule has 1 N–H and O–H groups in total. The topological polar surface area (TPSA) is 80.4 Å². The van der Waals surface area contributed by atoms with Crippen LogP contribution in [0.3, 0.4) is 0 Å². The number of benzene rings is 2. The highest BCUT2D eigenvalue weighted by Crippen LogP contribution is 2.23. The Morgan fingerprint density at radius 3 is 2.57 bits per heavy atom. The third kappa shape index (κ3) is 3.55. The van der Waals surface area contributed by atoms with E-state index in [2.05, 4.69) is 4.98 Å². The molecule has 0 saturated heterocycles. The summed E-state index contributed by atoms with van der Waals surface area (Å²) in [7, 11) is 3.79. The van der Waals surface area contributed by atoms with Crippen molar-refractivity contribution in [1.82, 2.24) is 14.1 Å². The number of carbonyl (C=O) groups is 1. The molecule has 2 aromatic heterocycles. The zero-order valence-corrected chi connectivity index (χ0v) is 17.2. The van der Waals surface area contributed by atoms with Gasteiger partial charge in [-0.25, -0.2) is 14.6 Å². The van der Waals surface area contributed by atoms with Crippen LogP contribution in [-0.4, -0.2) is 39.3 Å². The number of fused-ring (bicyclic) bond motifs is 1. The Morgan fingerprint density at radius 2 is 1.90 bits per heavy atom. The molecule has 7 nitrogen and oxygen atoms in total. The van der Waals surface area contributed by atoms with E-state index in [4.69, 9.17) is 11.6 Å². The van der Waals surface area contributed by atoms with Crippen LogP contribution in [0.5, 0.6) is 0 Å². The minimum atomic E-state index is -1.01. The van der Waals surface area contributed by atoms with Crippen molar-refractivity contribution in [3.8, 4) is 5.69 Å². The van der Waals surface area contributed by atoms with E-state index in [1.807, 2.05) is 31.1 Å². The number of rotatable bonds is 5. The predicted molar refractivity (Wildman–Crippen MR) is 117 cm³/mol. The molecule has 4 aromatic rings. The van der Waals surface area contributed by atoms with Crippen molar-refractivity contribution in [3.05, 3.63) is 87.4 Å². The SMILES string of the molecule is CN(C)c1ccc(-n2c(=O)n(Cc3cccc(C(=O)O)c3)c3ccc(Cl)cc32)cn1. The van der Waals surface area contributed by atoms with Crippen LogP contribution in [0.15, 0.2) is 65.6 Å². The minimum Gasteiger partial charge on any atom is -0.478 e. The molecule has 4 rings (SSSR count). The highest BCUT2D eigenvalue weighted by atomic mass is 35.5. The van der Waals surface area contributed by atoms with Gasteiger partial charge in [-0.15, -0.1) is 0 Å². The van der Waals surface area contributed by atoms with Crippen molar-refractivity contribution in [2.24, 2.45) is 0 Å². The second-order valence-electron chi connectivity index (χ2n) is 7.11. The Bertz CT molecular complexity index is 1310. The fourth-order valence-electron chi connectivity index (χ4n) is 3.39. The lowest BCUT2D eigenvalue weighted by molar-refractivity contribution is 0.0696. The number of imidazole rings is 1. The van der Waals surface area contributed by atoms with Crippen molar-refractivity contribution in [1.29, 1.82) is 0 Å². The monoisotopic (exact) mass is 422 g/mol. The quantitative estimate of drug-likeness (QED) is 0.531.